The molecule has 1 aliphatic carbocycles. The second-order valence-corrected chi connectivity index (χ2v) is 6.96. The van der Waals surface area contributed by atoms with Crippen LogP contribution in [0.2, 0.25) is 5.02 Å². The van der Waals surface area contributed by atoms with Crippen LogP contribution in [0.4, 0.5) is 18.0 Å². The molecule has 1 amide bonds. The summed E-state index contributed by atoms with van der Waals surface area (Å²) in [4.78, 5) is 23.5. The first-order chi connectivity index (χ1) is 13.1. The molecule has 1 aliphatic rings. The van der Waals surface area contributed by atoms with E-state index in [0.29, 0.717) is 36.3 Å². The molecule has 0 unspecified atom stereocenters. The van der Waals surface area contributed by atoms with E-state index >= 15 is 0 Å². The molecule has 1 aromatic rings. The highest BCUT2D eigenvalue weighted by Crippen LogP contribution is 2.25. The summed E-state index contributed by atoms with van der Waals surface area (Å²) in [5.41, 5.74) is 1.42. The normalized spacial score (nSPS) is 20.4. The van der Waals surface area contributed by atoms with Gasteiger partial charge in [-0.2, -0.15) is 13.2 Å². The summed E-state index contributed by atoms with van der Waals surface area (Å²) in [6, 6.07) is 6.83. The molecule has 5 nitrogen and oxygen atoms in total. The van der Waals surface area contributed by atoms with Gasteiger partial charge in [0.25, 0.3) is 0 Å². The van der Waals surface area contributed by atoms with Crippen molar-refractivity contribution in [2.45, 2.75) is 50.9 Å². The number of alkyl carbamates (subject to hydrolysis) is 1. The lowest BCUT2D eigenvalue weighted by atomic mass is 9.93. The van der Waals surface area contributed by atoms with E-state index in [2.05, 4.69) is 10.1 Å². The summed E-state index contributed by atoms with van der Waals surface area (Å²) in [7, 11) is 0. The maximum Gasteiger partial charge on any atom is 0.422 e. The lowest BCUT2D eigenvalue weighted by molar-refractivity contribution is -0.160. The summed E-state index contributed by atoms with van der Waals surface area (Å²) in [6.45, 7) is 0.138. The molecule has 1 aromatic carbocycles. The van der Waals surface area contributed by atoms with Gasteiger partial charge in [0, 0.05) is 17.1 Å². The third-order valence-electron chi connectivity index (χ3n) is 4.28. The zero-order valence-electron chi connectivity index (χ0n) is 15.2. The van der Waals surface area contributed by atoms with Gasteiger partial charge in [0.1, 0.15) is 6.10 Å². The number of esters is 1. The largest absolute Gasteiger partial charge is 0.459 e. The zero-order chi connectivity index (χ0) is 20.7. The molecule has 0 spiro atoms. The number of rotatable bonds is 5. The Labute approximate surface area is 165 Å². The molecular formula is C19H21ClF3NO4. The average molecular weight is 420 g/mol. The number of hydrogen-bond donors (Lipinski definition) is 1. The number of carbonyl (C=O) groups excluding carboxylic acids is 2. The van der Waals surface area contributed by atoms with Gasteiger partial charge in [-0.25, -0.2) is 9.59 Å². The molecule has 0 aromatic heterocycles. The van der Waals surface area contributed by atoms with Crippen molar-refractivity contribution in [1.82, 2.24) is 5.32 Å². The third kappa shape index (κ3) is 7.42. The highest BCUT2D eigenvalue weighted by atomic mass is 35.5. The lowest BCUT2D eigenvalue weighted by Crippen LogP contribution is -2.40. The van der Waals surface area contributed by atoms with Crippen LogP contribution in [0.25, 0.3) is 5.57 Å². The number of halogens is 4. The van der Waals surface area contributed by atoms with Crippen molar-refractivity contribution in [2.75, 3.05) is 6.61 Å². The molecule has 28 heavy (non-hydrogen) atoms. The van der Waals surface area contributed by atoms with E-state index in [4.69, 9.17) is 16.3 Å². The highest BCUT2D eigenvalue weighted by molar-refractivity contribution is 6.32. The van der Waals surface area contributed by atoms with Crippen molar-refractivity contribution in [3.05, 3.63) is 40.9 Å². The van der Waals surface area contributed by atoms with Gasteiger partial charge in [-0.05, 0) is 49.8 Å². The zero-order valence-corrected chi connectivity index (χ0v) is 16.0. The van der Waals surface area contributed by atoms with Gasteiger partial charge in [-0.3, -0.25) is 0 Å². The molecule has 1 saturated carbocycles. The van der Waals surface area contributed by atoms with Crippen LogP contribution in [0.15, 0.2) is 30.3 Å². The minimum absolute atomic E-state index is 0.309. The molecule has 2 rings (SSSR count). The van der Waals surface area contributed by atoms with Crippen LogP contribution < -0.4 is 5.32 Å². The van der Waals surface area contributed by atoms with E-state index in [1.54, 1.807) is 25.1 Å². The van der Waals surface area contributed by atoms with Crippen LogP contribution >= 0.6 is 11.6 Å². The number of alkyl halides is 3. The second-order valence-electron chi connectivity index (χ2n) is 6.55. The first kappa shape index (κ1) is 22.1. The Morgan fingerprint density at radius 1 is 1.21 bits per heavy atom. The number of carbonyl (C=O) groups is 2. The maximum absolute atomic E-state index is 12.1. The number of hydrogen-bond acceptors (Lipinski definition) is 4. The van der Waals surface area contributed by atoms with Crippen LogP contribution in [0.5, 0.6) is 0 Å². The quantitative estimate of drug-likeness (QED) is 0.545. The minimum atomic E-state index is -4.56. The van der Waals surface area contributed by atoms with Crippen LogP contribution in [0.1, 0.15) is 38.2 Å². The van der Waals surface area contributed by atoms with Gasteiger partial charge >= 0.3 is 18.2 Å². The Balaban J connectivity index is 1.76. The van der Waals surface area contributed by atoms with Crippen LogP contribution in [-0.2, 0) is 14.3 Å². The Morgan fingerprint density at radius 2 is 1.86 bits per heavy atom. The third-order valence-corrected chi connectivity index (χ3v) is 4.61. The van der Waals surface area contributed by atoms with E-state index in [-0.39, 0.29) is 12.1 Å². The summed E-state index contributed by atoms with van der Waals surface area (Å²) >= 11 is 6.10. The Kier molecular flexibility index (Phi) is 7.74. The van der Waals surface area contributed by atoms with E-state index in [1.165, 1.54) is 6.08 Å². The molecule has 1 fully saturated rings. The van der Waals surface area contributed by atoms with Gasteiger partial charge in [0.05, 0.1) is 0 Å². The van der Waals surface area contributed by atoms with Crippen LogP contribution in [0.3, 0.4) is 0 Å². The topological polar surface area (TPSA) is 64.6 Å². The van der Waals surface area contributed by atoms with Gasteiger partial charge in [-0.15, -0.1) is 0 Å². The average Bonchev–Trinajstić information content (AvgIpc) is 2.61. The first-order valence-electron chi connectivity index (χ1n) is 8.78. The second kappa shape index (κ2) is 9.82. The molecule has 1 N–H and O–H groups in total. The number of amides is 1. The summed E-state index contributed by atoms with van der Waals surface area (Å²) < 4.78 is 45.6. The Hall–Kier alpha value is -2.22. The van der Waals surface area contributed by atoms with Gasteiger partial charge in [0.15, 0.2) is 6.61 Å². The minimum Gasteiger partial charge on any atom is -0.459 e. The van der Waals surface area contributed by atoms with Crippen molar-refractivity contribution < 1.29 is 32.2 Å². The number of ether oxygens (including phenoxy) is 2. The molecular weight excluding hydrogens is 399 g/mol. The van der Waals surface area contributed by atoms with Crippen molar-refractivity contribution in [2.24, 2.45) is 0 Å². The van der Waals surface area contributed by atoms with Crippen molar-refractivity contribution in [1.29, 1.82) is 0 Å². The smallest absolute Gasteiger partial charge is 0.422 e. The molecule has 0 radical (unpaired) electrons. The molecule has 154 valence electrons. The lowest BCUT2D eigenvalue weighted by Gasteiger charge is -2.28. The molecule has 0 aliphatic heterocycles. The molecule has 0 atom stereocenters. The van der Waals surface area contributed by atoms with E-state index in [9.17, 15) is 22.8 Å². The maximum atomic E-state index is 12.1. The predicted octanol–water partition coefficient (Wildman–Crippen LogP) is 4.89. The van der Waals surface area contributed by atoms with Crippen LogP contribution in [0, 0.1) is 0 Å². The molecule has 0 bridgehead atoms. The first-order valence-corrected chi connectivity index (χ1v) is 9.15. The number of allylic oxidation sites excluding steroid dienone is 1. The van der Waals surface area contributed by atoms with Crippen molar-refractivity contribution in [3.8, 4) is 0 Å². The summed E-state index contributed by atoms with van der Waals surface area (Å²) in [6.07, 6.45) is -2.65. The molecule has 0 saturated heterocycles. The molecule has 0 heterocycles. The van der Waals surface area contributed by atoms with E-state index in [1.807, 2.05) is 6.07 Å². The van der Waals surface area contributed by atoms with E-state index in [0.717, 1.165) is 5.56 Å². The fraction of sp³-hybridized carbons (Fsp3) is 0.474. The number of benzene rings is 1. The fourth-order valence-electron chi connectivity index (χ4n) is 2.91. The van der Waals surface area contributed by atoms with E-state index < -0.39 is 24.8 Å². The van der Waals surface area contributed by atoms with Gasteiger partial charge < -0.3 is 14.8 Å². The monoisotopic (exact) mass is 419 g/mol. The Morgan fingerprint density at radius 3 is 2.46 bits per heavy atom. The summed E-state index contributed by atoms with van der Waals surface area (Å²) in [5.74, 6) is -0.488. The standard InChI is InChI=1S/C19H21ClF3NO4/c1-12(15-4-2-3-5-16(15)20)10-17(25)28-14-8-6-13(7-9-14)24-18(26)27-11-19(21,22)23/h2-5,10,13-14H,6-9,11H2,1H3,(H,24,26). The van der Waals surface area contributed by atoms with Crippen LogP contribution in [-0.4, -0.2) is 37.0 Å². The van der Waals surface area contributed by atoms with Gasteiger partial charge in [-0.1, -0.05) is 29.8 Å². The SMILES string of the molecule is CC(=CC(=O)OC1CCC(NC(=O)OCC(F)(F)F)CC1)c1ccccc1Cl. The molecule has 9 heteroatoms. The summed E-state index contributed by atoms with van der Waals surface area (Å²) in [5, 5.41) is 2.93. The van der Waals surface area contributed by atoms with Crippen molar-refractivity contribution in [3.63, 3.8) is 0 Å². The van der Waals surface area contributed by atoms with Gasteiger partial charge in [0.2, 0.25) is 0 Å². The van der Waals surface area contributed by atoms with Crippen molar-refractivity contribution >= 4 is 29.2 Å². The fourth-order valence-corrected chi connectivity index (χ4v) is 3.20. The highest BCUT2D eigenvalue weighted by Gasteiger charge is 2.30. The Bertz CT molecular complexity index is 728. The predicted molar refractivity (Wildman–Crippen MR) is 97.8 cm³/mol. The number of nitrogens with one attached hydrogen (secondary N) is 1.